The molecule has 0 atom stereocenters. The Labute approximate surface area is 164 Å². The van der Waals surface area contributed by atoms with Gasteiger partial charge in [-0.2, -0.15) is 0 Å². The lowest BCUT2D eigenvalue weighted by Crippen LogP contribution is -2.26. The van der Waals surface area contributed by atoms with Gasteiger partial charge in [0.2, 0.25) is 0 Å². The van der Waals surface area contributed by atoms with Gasteiger partial charge in [0.25, 0.3) is 5.91 Å². The summed E-state index contributed by atoms with van der Waals surface area (Å²) >= 11 is 8.68. The highest BCUT2D eigenvalue weighted by Crippen LogP contribution is 2.32. The van der Waals surface area contributed by atoms with E-state index in [4.69, 9.17) is 11.6 Å². The van der Waals surface area contributed by atoms with Crippen LogP contribution in [0.1, 0.15) is 16.9 Å². The van der Waals surface area contributed by atoms with Crippen molar-refractivity contribution in [3.63, 3.8) is 0 Å². The molecule has 1 amide bonds. The SMILES string of the molecule is O=C(NCCCS(=O)(=O)c1ccccc1)c1csc(-c2ccc(Cl)s2)n1. The largest absolute Gasteiger partial charge is 0.351 e. The van der Waals surface area contributed by atoms with Gasteiger partial charge in [0.15, 0.2) is 9.84 Å². The first-order chi connectivity index (χ1) is 12.5. The first-order valence-corrected chi connectivity index (χ1v) is 11.5. The van der Waals surface area contributed by atoms with Crippen LogP contribution in [0.4, 0.5) is 0 Å². The fourth-order valence-electron chi connectivity index (χ4n) is 2.22. The molecule has 0 bridgehead atoms. The Morgan fingerprint density at radius 3 is 2.62 bits per heavy atom. The average Bonchev–Trinajstić information content (AvgIpc) is 3.28. The minimum atomic E-state index is -3.33. The molecule has 2 aromatic heterocycles. The van der Waals surface area contributed by atoms with Crippen LogP contribution in [0, 0.1) is 0 Å². The van der Waals surface area contributed by atoms with Crippen LogP contribution in [0.25, 0.3) is 9.88 Å². The number of hydrogen-bond acceptors (Lipinski definition) is 6. The fraction of sp³-hybridized carbons (Fsp3) is 0.176. The van der Waals surface area contributed by atoms with Crippen molar-refractivity contribution in [1.82, 2.24) is 10.3 Å². The summed E-state index contributed by atoms with van der Waals surface area (Å²) < 4.78 is 25.0. The van der Waals surface area contributed by atoms with E-state index in [0.29, 0.717) is 21.3 Å². The first kappa shape index (κ1) is 19.0. The Kier molecular flexibility index (Phi) is 6.08. The number of sulfone groups is 1. The maximum atomic E-state index is 12.2. The monoisotopic (exact) mass is 426 g/mol. The van der Waals surface area contributed by atoms with Crippen molar-refractivity contribution in [2.75, 3.05) is 12.3 Å². The summed E-state index contributed by atoms with van der Waals surface area (Å²) in [6, 6.07) is 11.9. The Bertz CT molecular complexity index is 997. The number of thiophene rings is 1. The predicted octanol–water partition coefficient (Wildman–Crippen LogP) is 4.12. The Balaban J connectivity index is 1.51. The van der Waals surface area contributed by atoms with Crippen molar-refractivity contribution in [3.8, 4) is 9.88 Å². The fourth-order valence-corrected chi connectivity index (χ4v) is 5.47. The van der Waals surface area contributed by atoms with Gasteiger partial charge in [-0.05, 0) is 30.7 Å². The third kappa shape index (κ3) is 4.70. The molecular weight excluding hydrogens is 412 g/mol. The van der Waals surface area contributed by atoms with Crippen LogP contribution in [0.15, 0.2) is 52.7 Å². The lowest BCUT2D eigenvalue weighted by atomic mass is 10.4. The second-order valence-electron chi connectivity index (χ2n) is 5.38. The standard InChI is InChI=1S/C17H15ClN2O3S3/c18-15-8-7-14(25-15)17-20-13(11-24-17)16(21)19-9-4-10-26(22,23)12-5-2-1-3-6-12/h1-3,5-8,11H,4,9-10H2,(H,19,21). The molecule has 0 aliphatic heterocycles. The number of aromatic nitrogens is 1. The van der Waals surface area contributed by atoms with Gasteiger partial charge in [-0.15, -0.1) is 22.7 Å². The third-order valence-corrected chi connectivity index (χ3v) is 7.56. The van der Waals surface area contributed by atoms with Crippen molar-refractivity contribution >= 4 is 50.0 Å². The number of benzene rings is 1. The molecule has 0 saturated carbocycles. The summed E-state index contributed by atoms with van der Waals surface area (Å²) in [5.41, 5.74) is 0.320. The van der Waals surface area contributed by atoms with Crippen LogP contribution in [-0.2, 0) is 9.84 Å². The molecule has 136 valence electrons. The molecule has 1 N–H and O–H groups in total. The third-order valence-electron chi connectivity index (χ3n) is 3.50. The molecule has 0 aliphatic rings. The summed E-state index contributed by atoms with van der Waals surface area (Å²) in [6.07, 6.45) is 0.334. The smallest absolute Gasteiger partial charge is 0.270 e. The van der Waals surface area contributed by atoms with Gasteiger partial charge in [0.1, 0.15) is 10.7 Å². The number of halogens is 1. The van der Waals surface area contributed by atoms with Crippen molar-refractivity contribution in [2.45, 2.75) is 11.3 Å². The Morgan fingerprint density at radius 1 is 1.15 bits per heavy atom. The van der Waals surface area contributed by atoms with Gasteiger partial charge in [-0.3, -0.25) is 4.79 Å². The summed E-state index contributed by atoms with van der Waals surface area (Å²) in [5.74, 6) is -0.333. The molecule has 0 aliphatic carbocycles. The van der Waals surface area contributed by atoms with Gasteiger partial charge >= 0.3 is 0 Å². The van der Waals surface area contributed by atoms with Crippen LogP contribution >= 0.6 is 34.3 Å². The lowest BCUT2D eigenvalue weighted by molar-refractivity contribution is 0.0949. The lowest BCUT2D eigenvalue weighted by Gasteiger charge is -2.05. The number of rotatable bonds is 7. The molecule has 0 fully saturated rings. The number of amides is 1. The van der Waals surface area contributed by atoms with E-state index in [9.17, 15) is 13.2 Å². The molecule has 0 spiro atoms. The molecule has 26 heavy (non-hydrogen) atoms. The van der Waals surface area contributed by atoms with E-state index < -0.39 is 9.84 Å². The Morgan fingerprint density at radius 2 is 1.92 bits per heavy atom. The topological polar surface area (TPSA) is 76.1 Å². The van der Waals surface area contributed by atoms with Gasteiger partial charge in [-0.1, -0.05) is 29.8 Å². The summed E-state index contributed by atoms with van der Waals surface area (Å²) in [5, 5.41) is 5.13. The average molecular weight is 427 g/mol. The van der Waals surface area contributed by atoms with Crippen molar-refractivity contribution in [2.24, 2.45) is 0 Å². The molecule has 0 unspecified atom stereocenters. The minimum Gasteiger partial charge on any atom is -0.351 e. The number of nitrogens with one attached hydrogen (secondary N) is 1. The number of hydrogen-bond donors (Lipinski definition) is 1. The highest BCUT2D eigenvalue weighted by atomic mass is 35.5. The molecule has 3 rings (SSSR count). The minimum absolute atomic E-state index is 0.0205. The molecule has 2 heterocycles. The van der Waals surface area contributed by atoms with Crippen molar-refractivity contribution in [1.29, 1.82) is 0 Å². The van der Waals surface area contributed by atoms with Crippen LogP contribution in [0.5, 0.6) is 0 Å². The maximum Gasteiger partial charge on any atom is 0.270 e. The highest BCUT2D eigenvalue weighted by molar-refractivity contribution is 7.91. The van der Waals surface area contributed by atoms with Gasteiger partial charge in [0.05, 0.1) is 19.9 Å². The Hall–Kier alpha value is -1.74. The summed E-state index contributed by atoms with van der Waals surface area (Å²) in [4.78, 5) is 17.7. The van der Waals surface area contributed by atoms with Gasteiger partial charge in [-0.25, -0.2) is 13.4 Å². The van der Waals surface area contributed by atoms with E-state index in [2.05, 4.69) is 10.3 Å². The summed E-state index contributed by atoms with van der Waals surface area (Å²) in [7, 11) is -3.33. The first-order valence-electron chi connectivity index (χ1n) is 7.73. The van der Waals surface area contributed by atoms with Gasteiger partial charge < -0.3 is 5.32 Å². The van der Waals surface area contributed by atoms with Crippen molar-refractivity contribution in [3.05, 3.63) is 57.9 Å². The van der Waals surface area contributed by atoms with E-state index in [1.165, 1.54) is 22.7 Å². The zero-order chi connectivity index (χ0) is 18.6. The van der Waals surface area contributed by atoms with Crippen LogP contribution < -0.4 is 5.32 Å². The van der Waals surface area contributed by atoms with Crippen LogP contribution in [0.2, 0.25) is 4.34 Å². The van der Waals surface area contributed by atoms with Gasteiger partial charge in [0, 0.05) is 11.9 Å². The number of carbonyl (C=O) groups is 1. The van der Waals surface area contributed by atoms with E-state index in [-0.39, 0.29) is 18.2 Å². The number of nitrogens with zero attached hydrogens (tertiary/aromatic N) is 1. The molecule has 9 heteroatoms. The molecule has 1 aromatic carbocycles. The zero-order valence-electron chi connectivity index (χ0n) is 13.5. The second-order valence-corrected chi connectivity index (χ2v) is 10.1. The highest BCUT2D eigenvalue weighted by Gasteiger charge is 2.15. The quantitative estimate of drug-likeness (QED) is 0.576. The van der Waals surface area contributed by atoms with E-state index in [0.717, 1.165) is 9.88 Å². The van der Waals surface area contributed by atoms with Crippen LogP contribution in [-0.4, -0.2) is 31.6 Å². The van der Waals surface area contributed by atoms with E-state index in [1.807, 2.05) is 6.07 Å². The maximum absolute atomic E-state index is 12.2. The molecule has 0 radical (unpaired) electrons. The second kappa shape index (κ2) is 8.30. The molecule has 5 nitrogen and oxygen atoms in total. The summed E-state index contributed by atoms with van der Waals surface area (Å²) in [6.45, 7) is 0.266. The molecule has 0 saturated heterocycles. The number of thiazole rings is 1. The zero-order valence-corrected chi connectivity index (χ0v) is 16.7. The molecular formula is C17H15ClN2O3S3. The number of carbonyl (C=O) groups excluding carboxylic acids is 1. The van der Waals surface area contributed by atoms with E-state index >= 15 is 0 Å². The van der Waals surface area contributed by atoms with E-state index in [1.54, 1.807) is 41.8 Å². The van der Waals surface area contributed by atoms with Crippen LogP contribution in [0.3, 0.4) is 0 Å². The predicted molar refractivity (Wildman–Crippen MR) is 106 cm³/mol. The normalized spacial score (nSPS) is 11.4. The van der Waals surface area contributed by atoms with Crippen molar-refractivity contribution < 1.29 is 13.2 Å². The molecule has 3 aromatic rings.